The van der Waals surface area contributed by atoms with Crippen molar-refractivity contribution in [3.63, 3.8) is 0 Å². The molecule has 3 unspecified atom stereocenters. The highest BCUT2D eigenvalue weighted by Crippen LogP contribution is 2.49. The number of ether oxygens (including phenoxy) is 1. The number of esters is 2. The highest BCUT2D eigenvalue weighted by molar-refractivity contribution is 8.77. The zero-order valence-corrected chi connectivity index (χ0v) is 15.0. The van der Waals surface area contributed by atoms with E-state index in [0.29, 0.717) is 10.8 Å². The van der Waals surface area contributed by atoms with E-state index >= 15 is 0 Å². The Balaban J connectivity index is 2.55. The Morgan fingerprint density at radius 3 is 2.15 bits per heavy atom. The van der Waals surface area contributed by atoms with Crippen LogP contribution in [0.25, 0.3) is 0 Å². The van der Waals surface area contributed by atoms with Crippen molar-refractivity contribution < 1.29 is 38.6 Å². The predicted octanol–water partition coefficient (Wildman–Crippen LogP) is -1.42. The largest absolute Gasteiger partial charge is 0.479 e. The highest BCUT2D eigenvalue weighted by atomic mass is 33.1. The average Bonchev–Trinajstić information content (AvgIpc) is 2.59. The van der Waals surface area contributed by atoms with Gasteiger partial charge in [0.05, 0.1) is 6.42 Å². The van der Waals surface area contributed by atoms with Crippen molar-refractivity contribution in [1.82, 2.24) is 0 Å². The average molecular weight is 404 g/mol. The summed E-state index contributed by atoms with van der Waals surface area (Å²) in [5.74, 6) is -6.79. The second-order valence-corrected chi connectivity index (χ2v) is 8.39. The third-order valence-electron chi connectivity index (χ3n) is 4.20. The summed E-state index contributed by atoms with van der Waals surface area (Å²) < 4.78 is 2.08. The van der Waals surface area contributed by atoms with Gasteiger partial charge in [-0.3, -0.25) is 19.2 Å². The van der Waals surface area contributed by atoms with E-state index in [2.05, 4.69) is 4.74 Å². The van der Waals surface area contributed by atoms with Crippen LogP contribution in [0.1, 0.15) is 25.7 Å². The maximum Gasteiger partial charge on any atom is 0.333 e. The number of carboxylic acid groups (broad SMARTS) is 1. The molecule has 1 aliphatic carbocycles. The molecule has 1 saturated carbocycles. The number of aliphatic carboxylic acids is 1. The second-order valence-electron chi connectivity index (χ2n) is 5.83. The van der Waals surface area contributed by atoms with E-state index in [1.54, 1.807) is 0 Å². The van der Waals surface area contributed by atoms with Crippen LogP contribution < -0.4 is 11.5 Å². The van der Waals surface area contributed by atoms with Crippen LogP contribution >= 0.6 is 21.6 Å². The Morgan fingerprint density at radius 1 is 1.04 bits per heavy atom. The molecule has 26 heavy (non-hydrogen) atoms. The van der Waals surface area contributed by atoms with Gasteiger partial charge in [0.2, 0.25) is 5.54 Å². The lowest BCUT2D eigenvalue weighted by atomic mass is 9.68. The van der Waals surface area contributed by atoms with Gasteiger partial charge in [0, 0.05) is 25.0 Å². The van der Waals surface area contributed by atoms with Crippen LogP contribution in [0.2, 0.25) is 0 Å². The molecule has 0 aromatic heterocycles. The van der Waals surface area contributed by atoms with E-state index in [9.17, 15) is 33.9 Å². The number of rotatable bonds is 1. The Hall–Kier alpha value is -1.76. The zero-order valence-electron chi connectivity index (χ0n) is 13.4. The van der Waals surface area contributed by atoms with Crippen LogP contribution in [-0.4, -0.2) is 62.4 Å². The van der Waals surface area contributed by atoms with Crippen molar-refractivity contribution in [3.8, 4) is 0 Å². The molecule has 2 aliphatic rings. The number of carbonyl (C=O) groups excluding carboxylic acids is 5. The van der Waals surface area contributed by atoms with Gasteiger partial charge in [-0.05, 0) is 0 Å². The first-order valence-electron chi connectivity index (χ1n) is 7.50. The van der Waals surface area contributed by atoms with Crippen LogP contribution in [0.4, 0.5) is 0 Å². The van der Waals surface area contributed by atoms with Crippen LogP contribution in [0.15, 0.2) is 0 Å². The van der Waals surface area contributed by atoms with Gasteiger partial charge in [0.25, 0.3) is 0 Å². The van der Waals surface area contributed by atoms with Gasteiger partial charge >= 0.3 is 17.9 Å². The lowest BCUT2D eigenvalue weighted by molar-refractivity contribution is -0.161. The number of Topliss-reactive ketones (excluding diaryl/α,β-unsaturated/α-hetero) is 3. The molecule has 0 radical (unpaired) electrons. The van der Waals surface area contributed by atoms with Gasteiger partial charge < -0.3 is 21.3 Å². The summed E-state index contributed by atoms with van der Waals surface area (Å²) in [6, 6.07) is -1.24. The van der Waals surface area contributed by atoms with Gasteiger partial charge in [-0.1, -0.05) is 21.6 Å². The number of hydrogen-bond acceptors (Lipinski definition) is 11. The van der Waals surface area contributed by atoms with E-state index in [0.717, 1.165) is 10.8 Å². The minimum absolute atomic E-state index is 0.191. The van der Waals surface area contributed by atoms with Crippen molar-refractivity contribution in [1.29, 1.82) is 0 Å². The number of ketones is 3. The summed E-state index contributed by atoms with van der Waals surface area (Å²) in [5.41, 5.74) is 8.65. The number of nitrogens with two attached hydrogens (primary N) is 2. The topological polar surface area (TPSA) is 184 Å². The second kappa shape index (κ2) is 7.47. The van der Waals surface area contributed by atoms with Gasteiger partial charge in [0.1, 0.15) is 6.04 Å². The van der Waals surface area contributed by atoms with Crippen LogP contribution in [0.3, 0.4) is 0 Å². The van der Waals surface area contributed by atoms with E-state index in [1.165, 1.54) is 0 Å². The predicted molar refractivity (Wildman–Crippen MR) is 89.9 cm³/mol. The van der Waals surface area contributed by atoms with E-state index < -0.39 is 70.8 Å². The van der Waals surface area contributed by atoms with E-state index in [4.69, 9.17) is 11.5 Å². The van der Waals surface area contributed by atoms with Crippen molar-refractivity contribution in [2.45, 2.75) is 42.0 Å². The fourth-order valence-electron chi connectivity index (χ4n) is 2.71. The molecule has 5 N–H and O–H groups in total. The zero-order chi connectivity index (χ0) is 19.7. The number of cyclic esters (lactones) is 2. The van der Waals surface area contributed by atoms with Gasteiger partial charge in [-0.15, -0.1) is 0 Å². The van der Waals surface area contributed by atoms with E-state index in [1.807, 2.05) is 0 Å². The molecule has 12 heteroatoms. The Morgan fingerprint density at radius 2 is 1.58 bits per heavy atom. The summed E-state index contributed by atoms with van der Waals surface area (Å²) in [6.45, 7) is 0. The monoisotopic (exact) mass is 404 g/mol. The summed E-state index contributed by atoms with van der Waals surface area (Å²) in [6.07, 6.45) is -1.94. The minimum Gasteiger partial charge on any atom is -0.479 e. The molecular formula is C14H16N2O8S2. The Bertz CT molecular complexity index is 711. The third-order valence-corrected chi connectivity index (χ3v) is 7.35. The quantitative estimate of drug-likeness (QED) is 0.264. The summed E-state index contributed by atoms with van der Waals surface area (Å²) >= 11 is 0. The molecule has 2 rings (SSSR count). The fourth-order valence-corrected chi connectivity index (χ4v) is 6.09. The van der Waals surface area contributed by atoms with Crippen molar-refractivity contribution >= 4 is 56.8 Å². The summed E-state index contributed by atoms with van der Waals surface area (Å²) in [7, 11) is 1.26. The molecule has 0 amide bonds. The van der Waals surface area contributed by atoms with Gasteiger partial charge in [0.15, 0.2) is 22.1 Å². The fraction of sp³-hybridized carbons (Fsp3) is 0.571. The smallest absolute Gasteiger partial charge is 0.333 e. The molecule has 2 fully saturated rings. The first-order chi connectivity index (χ1) is 12.1. The maximum atomic E-state index is 12.8. The molecule has 0 aromatic rings. The molecule has 0 aromatic carbocycles. The molecule has 142 valence electrons. The number of hydrogen-bond donors (Lipinski definition) is 3. The van der Waals surface area contributed by atoms with Crippen LogP contribution in [-0.2, 0) is 33.5 Å². The molecule has 1 saturated heterocycles. The van der Waals surface area contributed by atoms with Crippen molar-refractivity contribution in [2.75, 3.05) is 5.75 Å². The third kappa shape index (κ3) is 3.17. The molecular weight excluding hydrogens is 388 g/mol. The lowest BCUT2D eigenvalue weighted by Crippen LogP contribution is -2.76. The minimum atomic E-state index is -2.77. The first kappa shape index (κ1) is 20.6. The van der Waals surface area contributed by atoms with Gasteiger partial charge in [-0.2, -0.15) is 0 Å². The standard InChI is InChI=1S/C14H16N2O8S2/c15-6-5-25-26-14(9(19)3-4-10(20)24-11(6)21)8(18)2-1-7(17)13(14,16)12(22)23/h6H,1-5,15-16H2,(H,22,23). The Labute approximate surface area is 155 Å². The molecule has 1 aliphatic heterocycles. The molecule has 1 spiro atoms. The van der Waals surface area contributed by atoms with Crippen LogP contribution in [0.5, 0.6) is 0 Å². The molecule has 0 bridgehead atoms. The van der Waals surface area contributed by atoms with E-state index in [-0.39, 0.29) is 12.2 Å². The highest BCUT2D eigenvalue weighted by Gasteiger charge is 2.69. The SMILES string of the molecule is NC1CSSC2(C(=O)CCC(=O)OC1=O)C(=O)CCC(=O)C2(N)C(=O)O. The number of carbonyl (C=O) groups is 6. The number of carboxylic acids is 1. The van der Waals surface area contributed by atoms with Crippen molar-refractivity contribution in [2.24, 2.45) is 11.5 Å². The summed E-state index contributed by atoms with van der Waals surface area (Å²) in [5, 5.41) is 9.57. The maximum absolute atomic E-state index is 12.8. The Kier molecular flexibility index (Phi) is 5.90. The first-order valence-corrected chi connectivity index (χ1v) is 9.82. The normalized spacial score (nSPS) is 34.4. The van der Waals surface area contributed by atoms with Gasteiger partial charge in [-0.25, -0.2) is 9.59 Å². The molecule has 3 atom stereocenters. The summed E-state index contributed by atoms with van der Waals surface area (Å²) in [4.78, 5) is 72.9. The molecule has 10 nitrogen and oxygen atoms in total. The molecule has 1 heterocycles. The lowest BCUT2D eigenvalue weighted by Gasteiger charge is -2.43. The van der Waals surface area contributed by atoms with Crippen LogP contribution in [0, 0.1) is 0 Å². The van der Waals surface area contributed by atoms with Crippen molar-refractivity contribution in [3.05, 3.63) is 0 Å².